The van der Waals surface area contributed by atoms with Crippen LogP contribution < -0.4 is 10.5 Å². The number of nitrogens with two attached hydrogens (primary N) is 1. The summed E-state index contributed by atoms with van der Waals surface area (Å²) in [6.07, 6.45) is 1.38. The average molecular weight is 349 g/mol. The molecule has 1 aromatic heterocycles. The molecule has 1 fully saturated rings. The molecule has 0 unspecified atom stereocenters. The smallest absolute Gasteiger partial charge is 0.410 e. The minimum Gasteiger partial charge on any atom is -0.481 e. The number of rotatable bonds is 3. The second kappa shape index (κ2) is 8.04. The number of methoxy groups -OCH3 is 1. The first-order chi connectivity index (χ1) is 11.8. The maximum Gasteiger partial charge on any atom is 0.410 e. The standard InChI is InChI=1S/C17H27N5O3/c1-17(2,3)25-16(23)22-10-8-21(9-11-22)15(18)20-12-13-6-5-7-19-14(13)24-4/h5-7H,8-12H2,1-4H3,(H2,18,20). The maximum absolute atomic E-state index is 12.1. The molecule has 2 heterocycles. The van der Waals surface area contributed by atoms with Crippen LogP contribution in [0.1, 0.15) is 26.3 Å². The van der Waals surface area contributed by atoms with Crippen molar-refractivity contribution in [3.05, 3.63) is 23.9 Å². The molecule has 8 heteroatoms. The molecule has 8 nitrogen and oxygen atoms in total. The zero-order valence-electron chi connectivity index (χ0n) is 15.4. The summed E-state index contributed by atoms with van der Waals surface area (Å²) in [6, 6.07) is 3.74. The third-order valence-electron chi connectivity index (χ3n) is 3.71. The largest absolute Gasteiger partial charge is 0.481 e. The molecule has 1 aromatic rings. The molecule has 1 saturated heterocycles. The number of ether oxygens (including phenoxy) is 2. The lowest BCUT2D eigenvalue weighted by atomic mass is 10.2. The molecule has 0 bridgehead atoms. The summed E-state index contributed by atoms with van der Waals surface area (Å²) in [5, 5.41) is 0. The first-order valence-electron chi connectivity index (χ1n) is 8.31. The van der Waals surface area contributed by atoms with E-state index in [1.54, 1.807) is 18.2 Å². The molecule has 0 aliphatic carbocycles. The number of hydrogen-bond acceptors (Lipinski definition) is 5. The van der Waals surface area contributed by atoms with Crippen LogP contribution in [-0.4, -0.2) is 65.7 Å². The second-order valence-electron chi connectivity index (χ2n) is 6.80. The zero-order chi connectivity index (χ0) is 18.4. The van der Waals surface area contributed by atoms with Gasteiger partial charge in [0, 0.05) is 37.9 Å². The highest BCUT2D eigenvalue weighted by atomic mass is 16.6. The summed E-state index contributed by atoms with van der Waals surface area (Å²) in [5.41, 5.74) is 6.48. The van der Waals surface area contributed by atoms with Crippen molar-refractivity contribution in [1.82, 2.24) is 14.8 Å². The lowest BCUT2D eigenvalue weighted by molar-refractivity contribution is 0.0186. The number of carbonyl (C=O) groups is 1. The van der Waals surface area contributed by atoms with Gasteiger partial charge in [-0.1, -0.05) is 6.07 Å². The number of guanidine groups is 1. The summed E-state index contributed by atoms with van der Waals surface area (Å²) < 4.78 is 10.6. The van der Waals surface area contributed by atoms with Crippen molar-refractivity contribution in [2.24, 2.45) is 10.7 Å². The highest BCUT2D eigenvalue weighted by Gasteiger charge is 2.26. The first-order valence-corrected chi connectivity index (χ1v) is 8.31. The SMILES string of the molecule is COc1ncccc1CN=C(N)N1CCN(C(=O)OC(C)(C)C)CC1. The third-order valence-corrected chi connectivity index (χ3v) is 3.71. The number of aromatic nitrogens is 1. The lowest BCUT2D eigenvalue weighted by Crippen LogP contribution is -2.53. The Bertz CT molecular complexity index is 619. The number of pyridine rings is 1. The molecule has 0 spiro atoms. The van der Waals surface area contributed by atoms with Gasteiger partial charge < -0.3 is 25.0 Å². The fourth-order valence-electron chi connectivity index (χ4n) is 2.44. The monoisotopic (exact) mass is 349 g/mol. The van der Waals surface area contributed by atoms with Crippen LogP contribution in [0.3, 0.4) is 0 Å². The topological polar surface area (TPSA) is 93.3 Å². The Kier molecular flexibility index (Phi) is 6.06. The van der Waals surface area contributed by atoms with Crippen molar-refractivity contribution in [2.75, 3.05) is 33.3 Å². The molecule has 0 saturated carbocycles. The molecule has 25 heavy (non-hydrogen) atoms. The minimum atomic E-state index is -0.489. The highest BCUT2D eigenvalue weighted by Crippen LogP contribution is 2.15. The average Bonchev–Trinajstić information content (AvgIpc) is 2.58. The Morgan fingerprint density at radius 3 is 2.52 bits per heavy atom. The van der Waals surface area contributed by atoms with E-state index in [1.807, 2.05) is 37.8 Å². The summed E-state index contributed by atoms with van der Waals surface area (Å²) in [4.78, 5) is 24.3. The predicted octanol–water partition coefficient (Wildman–Crippen LogP) is 1.46. The first kappa shape index (κ1) is 18.8. The molecule has 1 amide bonds. The van der Waals surface area contributed by atoms with Gasteiger partial charge in [-0.25, -0.2) is 14.8 Å². The van der Waals surface area contributed by atoms with Crippen LogP contribution in [-0.2, 0) is 11.3 Å². The van der Waals surface area contributed by atoms with E-state index >= 15 is 0 Å². The van der Waals surface area contributed by atoms with E-state index < -0.39 is 5.60 Å². The van der Waals surface area contributed by atoms with Gasteiger partial charge in [0.25, 0.3) is 0 Å². The Hall–Kier alpha value is -2.51. The molecular weight excluding hydrogens is 322 g/mol. The van der Waals surface area contributed by atoms with Gasteiger partial charge in [-0.05, 0) is 26.8 Å². The van der Waals surface area contributed by atoms with Crippen molar-refractivity contribution in [2.45, 2.75) is 32.9 Å². The fraction of sp³-hybridized carbons (Fsp3) is 0.588. The van der Waals surface area contributed by atoms with Gasteiger partial charge in [0.05, 0.1) is 13.7 Å². The van der Waals surface area contributed by atoms with E-state index in [4.69, 9.17) is 15.2 Å². The number of carbonyl (C=O) groups excluding carboxylic acids is 1. The van der Waals surface area contributed by atoms with Crippen LogP contribution in [0.5, 0.6) is 5.88 Å². The lowest BCUT2D eigenvalue weighted by Gasteiger charge is -2.36. The molecule has 2 N–H and O–H groups in total. The van der Waals surface area contributed by atoms with Crippen molar-refractivity contribution in [3.8, 4) is 5.88 Å². The molecule has 1 aliphatic rings. The van der Waals surface area contributed by atoms with Gasteiger partial charge in [0.2, 0.25) is 5.88 Å². The van der Waals surface area contributed by atoms with Gasteiger partial charge >= 0.3 is 6.09 Å². The molecule has 0 atom stereocenters. The molecule has 0 aromatic carbocycles. The van der Waals surface area contributed by atoms with Crippen molar-refractivity contribution >= 4 is 12.1 Å². The molecule has 2 rings (SSSR count). The van der Waals surface area contributed by atoms with Crippen LogP contribution in [0, 0.1) is 0 Å². The van der Waals surface area contributed by atoms with E-state index in [-0.39, 0.29) is 6.09 Å². The van der Waals surface area contributed by atoms with E-state index in [0.717, 1.165) is 5.56 Å². The summed E-state index contributed by atoms with van der Waals surface area (Å²) in [7, 11) is 1.58. The highest BCUT2D eigenvalue weighted by molar-refractivity contribution is 5.78. The van der Waals surface area contributed by atoms with Crippen LogP contribution in [0.4, 0.5) is 4.79 Å². The van der Waals surface area contributed by atoms with Gasteiger partial charge in [-0.2, -0.15) is 0 Å². The van der Waals surface area contributed by atoms with E-state index in [0.29, 0.717) is 44.6 Å². The van der Waals surface area contributed by atoms with Crippen molar-refractivity contribution < 1.29 is 14.3 Å². The molecule has 138 valence electrons. The van der Waals surface area contributed by atoms with Crippen LogP contribution in [0.25, 0.3) is 0 Å². The number of amides is 1. The summed E-state index contributed by atoms with van der Waals surface area (Å²) in [6.45, 7) is 8.34. The third kappa shape index (κ3) is 5.51. The van der Waals surface area contributed by atoms with Gasteiger partial charge in [-0.3, -0.25) is 0 Å². The Balaban J connectivity index is 1.88. The van der Waals surface area contributed by atoms with Gasteiger partial charge in [0.1, 0.15) is 5.60 Å². The summed E-state index contributed by atoms with van der Waals surface area (Å²) >= 11 is 0. The Labute approximate surface area is 148 Å². The Morgan fingerprint density at radius 2 is 1.92 bits per heavy atom. The van der Waals surface area contributed by atoms with Crippen molar-refractivity contribution in [1.29, 1.82) is 0 Å². The van der Waals surface area contributed by atoms with Gasteiger partial charge in [0.15, 0.2) is 5.96 Å². The number of aliphatic imine (C=N–C) groups is 1. The Morgan fingerprint density at radius 1 is 1.28 bits per heavy atom. The van der Waals surface area contributed by atoms with E-state index in [2.05, 4.69) is 9.98 Å². The second-order valence-corrected chi connectivity index (χ2v) is 6.80. The number of hydrogen-bond donors (Lipinski definition) is 1. The van der Waals surface area contributed by atoms with E-state index in [9.17, 15) is 4.79 Å². The molecular formula is C17H27N5O3. The minimum absolute atomic E-state index is 0.289. The summed E-state index contributed by atoms with van der Waals surface area (Å²) in [5.74, 6) is 1.00. The normalized spacial score (nSPS) is 15.9. The predicted molar refractivity (Wildman–Crippen MR) is 95.5 cm³/mol. The van der Waals surface area contributed by atoms with Gasteiger partial charge in [-0.15, -0.1) is 0 Å². The van der Waals surface area contributed by atoms with Crippen molar-refractivity contribution in [3.63, 3.8) is 0 Å². The van der Waals surface area contributed by atoms with E-state index in [1.165, 1.54) is 0 Å². The zero-order valence-corrected chi connectivity index (χ0v) is 15.4. The molecule has 1 aliphatic heterocycles. The van der Waals surface area contributed by atoms with Crippen LogP contribution in [0.15, 0.2) is 23.3 Å². The number of nitrogens with zero attached hydrogens (tertiary/aromatic N) is 4. The molecule has 0 radical (unpaired) electrons. The van der Waals surface area contributed by atoms with Crippen LogP contribution in [0.2, 0.25) is 0 Å². The fourth-order valence-corrected chi connectivity index (χ4v) is 2.44. The number of piperazine rings is 1. The van der Waals surface area contributed by atoms with Crippen LogP contribution >= 0.6 is 0 Å². The quantitative estimate of drug-likeness (QED) is 0.656. The maximum atomic E-state index is 12.1.